The van der Waals surface area contributed by atoms with Gasteiger partial charge in [0.1, 0.15) is 0 Å². The highest BCUT2D eigenvalue weighted by Crippen LogP contribution is 2.33. The van der Waals surface area contributed by atoms with Crippen LogP contribution in [-0.4, -0.2) is 20.8 Å². The van der Waals surface area contributed by atoms with E-state index in [0.29, 0.717) is 6.61 Å². The lowest BCUT2D eigenvalue weighted by molar-refractivity contribution is 0.0299. The van der Waals surface area contributed by atoms with E-state index in [1.165, 1.54) is 6.42 Å². The first-order chi connectivity index (χ1) is 5.97. The number of hydrogen-bond acceptors (Lipinski definition) is 2. The molecule has 0 N–H and O–H groups in total. The van der Waals surface area contributed by atoms with E-state index < -0.39 is 8.56 Å². The summed E-state index contributed by atoms with van der Waals surface area (Å²) in [6, 6.07) is 1.12. The highest BCUT2D eigenvalue weighted by molar-refractivity contribution is 6.66. The van der Waals surface area contributed by atoms with Crippen LogP contribution in [0, 0.1) is 0 Å². The molecule has 3 heteroatoms. The van der Waals surface area contributed by atoms with Gasteiger partial charge in [-0.25, -0.2) is 0 Å². The van der Waals surface area contributed by atoms with Crippen molar-refractivity contribution < 1.29 is 8.85 Å². The fraction of sp³-hybridized carbons (Fsp3) is 0.800. The third-order valence-corrected chi connectivity index (χ3v) is 5.43. The minimum atomic E-state index is -1.86. The molecule has 1 fully saturated rings. The molecule has 1 rings (SSSR count). The third-order valence-electron chi connectivity index (χ3n) is 2.41. The van der Waals surface area contributed by atoms with Crippen LogP contribution in [0.5, 0.6) is 0 Å². The second-order valence-corrected chi connectivity index (χ2v) is 7.71. The molecule has 13 heavy (non-hydrogen) atoms. The van der Waals surface area contributed by atoms with Crippen molar-refractivity contribution in [2.45, 2.75) is 44.9 Å². The smallest absolute Gasteiger partial charge is 0.335 e. The molecule has 0 bridgehead atoms. The van der Waals surface area contributed by atoms with Crippen LogP contribution in [0.25, 0.3) is 0 Å². The Balaban J connectivity index is 2.52. The fourth-order valence-electron chi connectivity index (χ4n) is 1.86. The van der Waals surface area contributed by atoms with Crippen molar-refractivity contribution in [1.29, 1.82) is 0 Å². The summed E-state index contributed by atoms with van der Waals surface area (Å²) in [4.78, 5) is 0. The predicted octanol–water partition coefficient (Wildman–Crippen LogP) is 2.85. The molecule has 0 spiro atoms. The van der Waals surface area contributed by atoms with Crippen molar-refractivity contribution in [2.24, 2.45) is 0 Å². The van der Waals surface area contributed by atoms with Gasteiger partial charge >= 0.3 is 8.56 Å². The average molecular weight is 200 g/mol. The minimum absolute atomic E-state index is 0.0143. The number of rotatable bonds is 3. The highest BCUT2D eigenvalue weighted by atomic mass is 28.4. The molecular formula is C10H20O2Si. The van der Waals surface area contributed by atoms with E-state index in [0.717, 1.165) is 12.5 Å². The fourth-order valence-corrected chi connectivity index (χ4v) is 4.72. The molecule has 1 atom stereocenters. The van der Waals surface area contributed by atoms with Gasteiger partial charge in [0, 0.05) is 0 Å². The van der Waals surface area contributed by atoms with E-state index in [4.69, 9.17) is 8.85 Å². The Hall–Kier alpha value is -0.123. The second-order valence-electron chi connectivity index (χ2n) is 4.45. The van der Waals surface area contributed by atoms with Crippen molar-refractivity contribution in [3.63, 3.8) is 0 Å². The van der Waals surface area contributed by atoms with Crippen LogP contribution >= 0.6 is 0 Å². The van der Waals surface area contributed by atoms with Gasteiger partial charge < -0.3 is 8.85 Å². The molecule has 0 aliphatic carbocycles. The summed E-state index contributed by atoms with van der Waals surface area (Å²) >= 11 is 0. The summed E-state index contributed by atoms with van der Waals surface area (Å²) in [5.74, 6) is 0. The first kappa shape index (κ1) is 11.0. The normalized spacial score (nSPS) is 32.8. The zero-order valence-corrected chi connectivity index (χ0v) is 9.93. The molecule has 1 aliphatic rings. The van der Waals surface area contributed by atoms with Crippen molar-refractivity contribution >= 4 is 8.56 Å². The Morgan fingerprint density at radius 3 is 2.85 bits per heavy atom. The Morgan fingerprint density at radius 2 is 2.31 bits per heavy atom. The Kier molecular flexibility index (Phi) is 3.32. The molecule has 0 aromatic carbocycles. The molecule has 1 saturated heterocycles. The lowest BCUT2D eigenvalue weighted by atomic mass is 10.0. The minimum Gasteiger partial charge on any atom is -0.390 e. The molecule has 0 saturated carbocycles. The van der Waals surface area contributed by atoms with Gasteiger partial charge in [-0.15, -0.1) is 6.58 Å². The van der Waals surface area contributed by atoms with Gasteiger partial charge in [-0.3, -0.25) is 0 Å². The third kappa shape index (κ3) is 3.25. The van der Waals surface area contributed by atoms with Crippen LogP contribution in [0.2, 0.25) is 12.6 Å². The van der Waals surface area contributed by atoms with E-state index in [2.05, 4.69) is 27.0 Å². The largest absolute Gasteiger partial charge is 0.390 e. The van der Waals surface area contributed by atoms with Crippen LogP contribution in [0.1, 0.15) is 26.7 Å². The molecule has 0 aromatic rings. The van der Waals surface area contributed by atoms with Gasteiger partial charge in [0.05, 0.1) is 12.2 Å². The van der Waals surface area contributed by atoms with Gasteiger partial charge in [0.15, 0.2) is 0 Å². The van der Waals surface area contributed by atoms with Crippen LogP contribution in [0.4, 0.5) is 0 Å². The van der Waals surface area contributed by atoms with Gasteiger partial charge in [-0.05, 0) is 39.3 Å². The van der Waals surface area contributed by atoms with Gasteiger partial charge in [0.2, 0.25) is 0 Å². The van der Waals surface area contributed by atoms with Crippen LogP contribution in [-0.2, 0) is 8.85 Å². The summed E-state index contributed by atoms with van der Waals surface area (Å²) in [6.07, 6.45) is 4.17. The molecule has 1 aliphatic heterocycles. The maximum absolute atomic E-state index is 6.03. The summed E-state index contributed by atoms with van der Waals surface area (Å²) in [5, 5.41) is 0. The van der Waals surface area contributed by atoms with Crippen molar-refractivity contribution in [2.75, 3.05) is 6.61 Å². The summed E-state index contributed by atoms with van der Waals surface area (Å²) in [6.45, 7) is 10.7. The van der Waals surface area contributed by atoms with Gasteiger partial charge in [0.25, 0.3) is 0 Å². The maximum atomic E-state index is 6.03. The van der Waals surface area contributed by atoms with Crippen LogP contribution < -0.4 is 0 Å². The van der Waals surface area contributed by atoms with E-state index >= 15 is 0 Å². The lowest BCUT2D eigenvalue weighted by Gasteiger charge is -2.41. The lowest BCUT2D eigenvalue weighted by Crippen LogP contribution is -2.49. The monoisotopic (exact) mass is 200 g/mol. The zero-order valence-electron chi connectivity index (χ0n) is 8.93. The summed E-state index contributed by atoms with van der Waals surface area (Å²) < 4.78 is 11.8. The molecule has 1 heterocycles. The Labute approximate surface area is 82.2 Å². The van der Waals surface area contributed by atoms with E-state index in [1.54, 1.807) is 6.08 Å². The molecular weight excluding hydrogens is 180 g/mol. The van der Waals surface area contributed by atoms with Crippen LogP contribution in [0.15, 0.2) is 12.7 Å². The standard InChI is InChI=1S/C10H20O2Si/c1-5-8-11-13(4)9-6-7-10(2,3)12-13/h5H,1,6-9H2,2-4H3. The second kappa shape index (κ2) is 3.94. The summed E-state index contributed by atoms with van der Waals surface area (Å²) in [5.41, 5.74) is 0.0143. The highest BCUT2D eigenvalue weighted by Gasteiger charge is 2.41. The average Bonchev–Trinajstić information content (AvgIpc) is 1.98. The predicted molar refractivity (Wildman–Crippen MR) is 57.0 cm³/mol. The van der Waals surface area contributed by atoms with Gasteiger partial charge in [-0.1, -0.05) is 6.08 Å². The SMILES string of the molecule is C=CCO[Si]1(C)CCCC(C)(C)O1. The van der Waals surface area contributed by atoms with E-state index in [-0.39, 0.29) is 5.60 Å². The van der Waals surface area contributed by atoms with Crippen molar-refractivity contribution in [3.05, 3.63) is 12.7 Å². The van der Waals surface area contributed by atoms with Crippen LogP contribution in [0.3, 0.4) is 0 Å². The molecule has 0 aromatic heterocycles. The topological polar surface area (TPSA) is 18.5 Å². The first-order valence-electron chi connectivity index (χ1n) is 4.92. The first-order valence-corrected chi connectivity index (χ1v) is 7.45. The summed E-state index contributed by atoms with van der Waals surface area (Å²) in [7, 11) is -1.86. The molecule has 0 radical (unpaired) electrons. The maximum Gasteiger partial charge on any atom is 0.335 e. The zero-order chi connectivity index (χ0) is 9.95. The quantitative estimate of drug-likeness (QED) is 0.515. The van der Waals surface area contributed by atoms with E-state index in [9.17, 15) is 0 Å². The number of hydrogen-bond donors (Lipinski definition) is 0. The van der Waals surface area contributed by atoms with Gasteiger partial charge in [-0.2, -0.15) is 0 Å². The van der Waals surface area contributed by atoms with E-state index in [1.807, 2.05) is 0 Å². The Bertz CT molecular complexity index is 191. The Morgan fingerprint density at radius 1 is 1.62 bits per heavy atom. The molecule has 0 amide bonds. The molecule has 2 nitrogen and oxygen atoms in total. The van der Waals surface area contributed by atoms with Crippen molar-refractivity contribution in [3.8, 4) is 0 Å². The molecule has 76 valence electrons. The molecule has 1 unspecified atom stereocenters. The van der Waals surface area contributed by atoms with Crippen molar-refractivity contribution in [1.82, 2.24) is 0 Å².